The molecule has 1 heterocycles. The molecule has 28 heavy (non-hydrogen) atoms. The van der Waals surface area contributed by atoms with E-state index >= 15 is 0 Å². The number of aromatic nitrogens is 1. The summed E-state index contributed by atoms with van der Waals surface area (Å²) in [5.74, 6) is 0.333. The van der Waals surface area contributed by atoms with E-state index in [1.54, 1.807) is 29.3 Å². The summed E-state index contributed by atoms with van der Waals surface area (Å²) in [7, 11) is 0. The van der Waals surface area contributed by atoms with Crippen molar-refractivity contribution < 1.29 is 13.9 Å². The fourth-order valence-corrected chi connectivity index (χ4v) is 2.94. The number of hydrogen-bond acceptors (Lipinski definition) is 3. The first-order chi connectivity index (χ1) is 13.6. The Bertz CT molecular complexity index is 919. The molecule has 1 aromatic heterocycles. The zero-order valence-electron chi connectivity index (χ0n) is 15.4. The minimum Gasteiger partial charge on any atom is -0.481 e. The van der Waals surface area contributed by atoms with Gasteiger partial charge in [-0.25, -0.2) is 9.37 Å². The molecule has 3 aromatic rings. The average molecular weight is 399 g/mol. The zero-order valence-corrected chi connectivity index (χ0v) is 16.1. The van der Waals surface area contributed by atoms with Gasteiger partial charge in [-0.3, -0.25) is 9.69 Å². The molecule has 3 rings (SSSR count). The van der Waals surface area contributed by atoms with Crippen molar-refractivity contribution in [2.45, 2.75) is 26.0 Å². The van der Waals surface area contributed by atoms with Crippen LogP contribution in [0.2, 0.25) is 5.02 Å². The van der Waals surface area contributed by atoms with Gasteiger partial charge in [0.25, 0.3) is 5.91 Å². The van der Waals surface area contributed by atoms with E-state index in [1.165, 1.54) is 24.3 Å². The second-order valence-electron chi connectivity index (χ2n) is 6.17. The number of nitrogens with zero attached hydrogens (tertiary/aromatic N) is 2. The predicted octanol–water partition coefficient (Wildman–Crippen LogP) is 5.26. The molecule has 0 aliphatic heterocycles. The number of rotatable bonds is 7. The van der Waals surface area contributed by atoms with Crippen LogP contribution in [-0.2, 0) is 11.3 Å². The highest BCUT2D eigenvalue weighted by Crippen LogP contribution is 2.23. The highest BCUT2D eigenvalue weighted by atomic mass is 35.5. The lowest BCUT2D eigenvalue weighted by molar-refractivity contribution is -0.125. The third kappa shape index (κ3) is 4.87. The molecule has 0 unspecified atom stereocenters. The van der Waals surface area contributed by atoms with E-state index < -0.39 is 6.10 Å². The number of hydrogen-bond donors (Lipinski definition) is 0. The summed E-state index contributed by atoms with van der Waals surface area (Å²) in [6.45, 7) is 2.12. The van der Waals surface area contributed by atoms with Crippen molar-refractivity contribution >= 4 is 23.3 Å². The molecule has 0 radical (unpaired) electrons. The van der Waals surface area contributed by atoms with Gasteiger partial charge < -0.3 is 4.74 Å². The van der Waals surface area contributed by atoms with Crippen molar-refractivity contribution in [3.8, 4) is 5.75 Å². The van der Waals surface area contributed by atoms with Crippen LogP contribution >= 0.6 is 11.6 Å². The van der Waals surface area contributed by atoms with Crippen molar-refractivity contribution in [2.24, 2.45) is 0 Å². The monoisotopic (exact) mass is 398 g/mol. The van der Waals surface area contributed by atoms with Crippen LogP contribution in [0.3, 0.4) is 0 Å². The van der Waals surface area contributed by atoms with Gasteiger partial charge in [-0.2, -0.15) is 0 Å². The number of pyridine rings is 1. The first-order valence-corrected chi connectivity index (χ1v) is 9.34. The summed E-state index contributed by atoms with van der Waals surface area (Å²) < 4.78 is 19.0. The Kier molecular flexibility index (Phi) is 6.61. The molecule has 0 aliphatic carbocycles. The van der Waals surface area contributed by atoms with Gasteiger partial charge in [-0.05, 0) is 54.4 Å². The lowest BCUT2D eigenvalue weighted by Crippen LogP contribution is -2.42. The summed E-state index contributed by atoms with van der Waals surface area (Å²) >= 11 is 6.29. The van der Waals surface area contributed by atoms with Gasteiger partial charge in [0.15, 0.2) is 6.10 Å². The maximum atomic E-state index is 13.3. The molecule has 6 heteroatoms. The van der Waals surface area contributed by atoms with E-state index in [-0.39, 0.29) is 18.3 Å². The standard InChI is InChI=1S/C22H20ClFN2O2/c1-2-20(28-18-12-10-17(24)11-13-18)22(27)26(21-9-5-6-14-25-21)15-16-7-3-4-8-19(16)23/h3-14,20H,2,15H2,1H3/t20-/m0/s1. The molecule has 0 saturated heterocycles. The molecule has 0 bridgehead atoms. The largest absolute Gasteiger partial charge is 0.481 e. The van der Waals surface area contributed by atoms with Gasteiger partial charge in [0, 0.05) is 11.2 Å². The Labute approximate surface area is 168 Å². The van der Waals surface area contributed by atoms with E-state index in [0.29, 0.717) is 23.0 Å². The van der Waals surface area contributed by atoms with Crippen molar-refractivity contribution in [1.29, 1.82) is 0 Å². The number of benzene rings is 2. The topological polar surface area (TPSA) is 42.4 Å². The normalized spacial score (nSPS) is 11.7. The average Bonchev–Trinajstić information content (AvgIpc) is 2.73. The molecule has 0 aliphatic rings. The number of amides is 1. The summed E-state index contributed by atoms with van der Waals surface area (Å²) in [4.78, 5) is 19.2. The second kappa shape index (κ2) is 9.33. The first kappa shape index (κ1) is 19.8. The molecule has 0 fully saturated rings. The second-order valence-corrected chi connectivity index (χ2v) is 6.58. The van der Waals surface area contributed by atoms with Crippen molar-refractivity contribution in [1.82, 2.24) is 4.98 Å². The van der Waals surface area contributed by atoms with Crippen LogP contribution in [0.15, 0.2) is 72.9 Å². The van der Waals surface area contributed by atoms with E-state index in [0.717, 1.165) is 5.56 Å². The third-order valence-electron chi connectivity index (χ3n) is 4.22. The number of carbonyl (C=O) groups is 1. The Morgan fingerprint density at radius 1 is 1.11 bits per heavy atom. The van der Waals surface area contributed by atoms with E-state index in [2.05, 4.69) is 4.98 Å². The SMILES string of the molecule is CC[C@H](Oc1ccc(F)cc1)C(=O)N(Cc1ccccc1Cl)c1ccccn1. The van der Waals surface area contributed by atoms with Gasteiger partial charge in [0.1, 0.15) is 17.4 Å². The molecule has 1 amide bonds. The molecular weight excluding hydrogens is 379 g/mol. The van der Waals surface area contributed by atoms with Gasteiger partial charge in [0.2, 0.25) is 0 Å². The summed E-state index contributed by atoms with van der Waals surface area (Å²) in [6, 6.07) is 18.3. The van der Waals surface area contributed by atoms with Crippen molar-refractivity contribution in [3.63, 3.8) is 0 Å². The highest BCUT2D eigenvalue weighted by Gasteiger charge is 2.27. The Morgan fingerprint density at radius 3 is 2.46 bits per heavy atom. The maximum absolute atomic E-state index is 13.3. The highest BCUT2D eigenvalue weighted by molar-refractivity contribution is 6.31. The fraction of sp³-hybridized carbons (Fsp3) is 0.182. The first-order valence-electron chi connectivity index (χ1n) is 8.96. The van der Waals surface area contributed by atoms with Gasteiger partial charge in [-0.15, -0.1) is 0 Å². The van der Waals surface area contributed by atoms with Crippen LogP contribution in [0.25, 0.3) is 0 Å². The summed E-state index contributed by atoms with van der Waals surface area (Å²) in [5, 5.41) is 0.573. The molecule has 4 nitrogen and oxygen atoms in total. The van der Waals surface area contributed by atoms with Crippen LogP contribution in [0.1, 0.15) is 18.9 Å². The van der Waals surface area contributed by atoms with Crippen LogP contribution in [0.5, 0.6) is 5.75 Å². The van der Waals surface area contributed by atoms with Gasteiger partial charge in [-0.1, -0.05) is 42.8 Å². The number of anilines is 1. The predicted molar refractivity (Wildman–Crippen MR) is 108 cm³/mol. The zero-order chi connectivity index (χ0) is 19.9. The van der Waals surface area contributed by atoms with E-state index in [9.17, 15) is 9.18 Å². The molecule has 0 saturated carbocycles. The molecule has 1 atom stereocenters. The number of halogens is 2. The van der Waals surface area contributed by atoms with Gasteiger partial charge >= 0.3 is 0 Å². The Balaban J connectivity index is 1.88. The number of carbonyl (C=O) groups excluding carboxylic acids is 1. The minimum atomic E-state index is -0.741. The molecule has 0 N–H and O–H groups in total. The van der Waals surface area contributed by atoms with Crippen molar-refractivity contribution in [2.75, 3.05) is 4.90 Å². The lowest BCUT2D eigenvalue weighted by Gasteiger charge is -2.27. The maximum Gasteiger partial charge on any atom is 0.269 e. The summed E-state index contributed by atoms with van der Waals surface area (Å²) in [5.41, 5.74) is 0.805. The van der Waals surface area contributed by atoms with Crippen molar-refractivity contribution in [3.05, 3.63) is 89.3 Å². The van der Waals surface area contributed by atoms with Crippen LogP contribution < -0.4 is 9.64 Å². The third-order valence-corrected chi connectivity index (χ3v) is 4.59. The molecular formula is C22H20ClFN2O2. The van der Waals surface area contributed by atoms with E-state index in [1.807, 2.05) is 31.2 Å². The Hall–Kier alpha value is -2.92. The number of ether oxygens (including phenoxy) is 1. The smallest absolute Gasteiger partial charge is 0.269 e. The Morgan fingerprint density at radius 2 is 1.82 bits per heavy atom. The fourth-order valence-electron chi connectivity index (χ4n) is 2.74. The van der Waals surface area contributed by atoms with Crippen LogP contribution in [0.4, 0.5) is 10.2 Å². The minimum absolute atomic E-state index is 0.245. The molecule has 0 spiro atoms. The summed E-state index contributed by atoms with van der Waals surface area (Å²) in [6.07, 6.45) is 1.33. The quantitative estimate of drug-likeness (QED) is 0.544. The van der Waals surface area contributed by atoms with E-state index in [4.69, 9.17) is 16.3 Å². The van der Waals surface area contributed by atoms with Crippen LogP contribution in [0, 0.1) is 5.82 Å². The van der Waals surface area contributed by atoms with Crippen LogP contribution in [-0.4, -0.2) is 17.0 Å². The van der Waals surface area contributed by atoms with Gasteiger partial charge in [0.05, 0.1) is 6.54 Å². The molecule has 2 aromatic carbocycles. The molecule has 144 valence electrons. The lowest BCUT2D eigenvalue weighted by atomic mass is 10.1.